The molecule has 0 unspecified atom stereocenters. The van der Waals surface area contributed by atoms with Gasteiger partial charge in [-0.1, -0.05) is 77.1 Å². The van der Waals surface area contributed by atoms with Crippen molar-refractivity contribution in [2.24, 2.45) is 0 Å². The Bertz CT molecular complexity index is 2130. The highest BCUT2D eigenvalue weighted by Gasteiger charge is 2.43. The van der Waals surface area contributed by atoms with Gasteiger partial charge in [-0.3, -0.25) is 0 Å². The zero-order valence-corrected chi connectivity index (χ0v) is 23.3. The Morgan fingerprint density at radius 3 is 1.68 bits per heavy atom. The lowest BCUT2D eigenvalue weighted by molar-refractivity contribution is 0.577. The molecule has 4 heteroatoms. The molecule has 3 aliphatic rings. The number of anilines is 1. The summed E-state index contributed by atoms with van der Waals surface area (Å²) in [5.41, 5.74) is 12.7. The largest absolute Gasteiger partial charge is 0.460 e. The topological polar surface area (TPSA) is 29.5 Å². The van der Waals surface area contributed by atoms with Crippen LogP contribution in [0, 0.1) is 13.8 Å². The zero-order valence-electron chi connectivity index (χ0n) is 23.3. The number of hydrogen-bond acceptors (Lipinski definition) is 3. The molecular formula is C37H28BNO2. The van der Waals surface area contributed by atoms with Gasteiger partial charge in [-0.15, -0.1) is 0 Å². The molecule has 3 nitrogen and oxygen atoms in total. The first-order chi connectivity index (χ1) is 20.2. The minimum absolute atomic E-state index is 0.114. The van der Waals surface area contributed by atoms with E-state index in [1.54, 1.807) is 0 Å². The Hall–Kier alpha value is -4.44. The fourth-order valence-electron chi connectivity index (χ4n) is 8.44. The molecule has 0 bridgehead atoms. The molecule has 0 atom stereocenters. The Morgan fingerprint density at radius 1 is 0.634 bits per heavy atom. The van der Waals surface area contributed by atoms with E-state index in [-0.39, 0.29) is 6.71 Å². The third-order valence-corrected chi connectivity index (χ3v) is 10.1. The van der Waals surface area contributed by atoms with Crippen LogP contribution in [0.5, 0.6) is 0 Å². The SMILES string of the molecule is Cc1oc2c3c(cc4ccccc42)B2c4c(cc(N5CCCCC5)cc4-c4c(C)oc5c4c2cc2ccccc25)-c13. The molecule has 0 N–H and O–H groups in total. The van der Waals surface area contributed by atoms with Crippen LogP contribution in [0.25, 0.3) is 65.7 Å². The molecule has 7 aromatic rings. The van der Waals surface area contributed by atoms with Crippen LogP contribution < -0.4 is 21.3 Å². The normalized spacial score (nSPS) is 15.5. The molecule has 41 heavy (non-hydrogen) atoms. The van der Waals surface area contributed by atoms with Gasteiger partial charge < -0.3 is 13.7 Å². The third-order valence-electron chi connectivity index (χ3n) is 10.1. The third kappa shape index (κ3) is 2.71. The van der Waals surface area contributed by atoms with Gasteiger partial charge in [0.2, 0.25) is 6.71 Å². The van der Waals surface area contributed by atoms with E-state index in [2.05, 4.69) is 91.5 Å². The maximum atomic E-state index is 6.71. The zero-order chi connectivity index (χ0) is 27.0. The first-order valence-electron chi connectivity index (χ1n) is 15.0. The summed E-state index contributed by atoms with van der Waals surface area (Å²) in [5, 5.41) is 7.41. The lowest BCUT2D eigenvalue weighted by atomic mass is 9.31. The van der Waals surface area contributed by atoms with Crippen LogP contribution in [0.15, 0.2) is 81.6 Å². The summed E-state index contributed by atoms with van der Waals surface area (Å²) in [6, 6.07) is 27.2. The minimum Gasteiger partial charge on any atom is -0.460 e. The number of benzene rings is 5. The maximum absolute atomic E-state index is 6.71. The van der Waals surface area contributed by atoms with Gasteiger partial charge in [0.25, 0.3) is 0 Å². The van der Waals surface area contributed by atoms with Gasteiger partial charge in [0.1, 0.15) is 22.7 Å². The van der Waals surface area contributed by atoms with Gasteiger partial charge in [0.05, 0.1) is 0 Å². The van der Waals surface area contributed by atoms with Crippen LogP contribution in [0.3, 0.4) is 0 Å². The molecule has 196 valence electrons. The first kappa shape index (κ1) is 22.3. The van der Waals surface area contributed by atoms with Gasteiger partial charge in [0, 0.05) is 51.4 Å². The van der Waals surface area contributed by atoms with E-state index < -0.39 is 0 Å². The summed E-state index contributed by atoms with van der Waals surface area (Å²) in [4.78, 5) is 2.60. The summed E-state index contributed by atoms with van der Waals surface area (Å²) in [5.74, 6) is 2.01. The molecular weight excluding hydrogens is 501 g/mol. The van der Waals surface area contributed by atoms with E-state index in [9.17, 15) is 0 Å². The van der Waals surface area contributed by atoms with Crippen molar-refractivity contribution in [3.05, 3.63) is 84.3 Å². The van der Waals surface area contributed by atoms with E-state index in [0.29, 0.717) is 0 Å². The second-order valence-electron chi connectivity index (χ2n) is 12.3. The van der Waals surface area contributed by atoms with Crippen LogP contribution in [-0.4, -0.2) is 19.8 Å². The fraction of sp³-hybridized carbons (Fsp3) is 0.189. The molecule has 5 aromatic carbocycles. The summed E-state index contributed by atoms with van der Waals surface area (Å²) < 4.78 is 13.4. The van der Waals surface area contributed by atoms with Crippen LogP contribution in [0.2, 0.25) is 0 Å². The molecule has 0 radical (unpaired) electrons. The number of fused-ring (bicyclic) bond motifs is 8. The highest BCUT2D eigenvalue weighted by atomic mass is 16.3. The van der Waals surface area contributed by atoms with Crippen LogP contribution in [0.4, 0.5) is 5.69 Å². The van der Waals surface area contributed by atoms with Crippen LogP contribution in [-0.2, 0) is 0 Å². The Kier molecular flexibility index (Phi) is 4.15. The van der Waals surface area contributed by atoms with Crippen molar-refractivity contribution < 1.29 is 8.83 Å². The average molecular weight is 529 g/mol. The molecule has 0 aliphatic carbocycles. The van der Waals surface area contributed by atoms with Gasteiger partial charge in [0.15, 0.2) is 0 Å². The van der Waals surface area contributed by atoms with Crippen molar-refractivity contribution >= 4 is 72.3 Å². The van der Waals surface area contributed by atoms with Crippen molar-refractivity contribution in [3.63, 3.8) is 0 Å². The van der Waals surface area contributed by atoms with E-state index in [1.165, 1.54) is 95.9 Å². The van der Waals surface area contributed by atoms with Gasteiger partial charge in [-0.05, 0) is 67.1 Å². The highest BCUT2D eigenvalue weighted by molar-refractivity contribution is 7.01. The molecule has 0 spiro atoms. The lowest BCUT2D eigenvalue weighted by Crippen LogP contribution is -2.57. The van der Waals surface area contributed by atoms with Crippen molar-refractivity contribution in [1.29, 1.82) is 0 Å². The number of rotatable bonds is 1. The molecule has 1 fully saturated rings. The molecule has 3 aliphatic heterocycles. The smallest absolute Gasteiger partial charge is 0.244 e. The quantitative estimate of drug-likeness (QED) is 0.206. The van der Waals surface area contributed by atoms with E-state index >= 15 is 0 Å². The summed E-state index contributed by atoms with van der Waals surface area (Å²) in [6.07, 6.45) is 3.82. The van der Waals surface area contributed by atoms with Crippen molar-refractivity contribution in [2.75, 3.05) is 18.0 Å². The first-order valence-corrected chi connectivity index (χ1v) is 15.0. The second-order valence-corrected chi connectivity index (χ2v) is 12.3. The predicted molar refractivity (Wildman–Crippen MR) is 172 cm³/mol. The number of aryl methyl sites for hydroxylation is 2. The summed E-state index contributed by atoms with van der Waals surface area (Å²) in [7, 11) is 0. The Labute approximate surface area is 238 Å². The number of hydrogen-bond donors (Lipinski definition) is 0. The van der Waals surface area contributed by atoms with Crippen molar-refractivity contribution in [3.8, 4) is 22.3 Å². The van der Waals surface area contributed by atoms with E-state index in [1.807, 2.05) is 0 Å². The summed E-state index contributed by atoms with van der Waals surface area (Å²) >= 11 is 0. The molecule has 2 aromatic heterocycles. The van der Waals surface area contributed by atoms with Crippen LogP contribution in [0.1, 0.15) is 30.8 Å². The number of nitrogens with zero attached hydrogens (tertiary/aromatic N) is 1. The van der Waals surface area contributed by atoms with Gasteiger partial charge in [-0.2, -0.15) is 0 Å². The molecule has 10 rings (SSSR count). The van der Waals surface area contributed by atoms with Gasteiger partial charge >= 0.3 is 0 Å². The Balaban J connectivity index is 1.43. The van der Waals surface area contributed by atoms with E-state index in [0.717, 1.165) is 35.8 Å². The summed E-state index contributed by atoms with van der Waals surface area (Å²) in [6.45, 7) is 6.65. The lowest BCUT2D eigenvalue weighted by Gasteiger charge is -2.35. The molecule has 0 saturated carbocycles. The van der Waals surface area contributed by atoms with Gasteiger partial charge in [-0.25, -0.2) is 0 Å². The predicted octanol–water partition coefficient (Wildman–Crippen LogP) is 7.57. The molecule has 1 saturated heterocycles. The average Bonchev–Trinajstić information content (AvgIpc) is 3.55. The van der Waals surface area contributed by atoms with Crippen molar-refractivity contribution in [1.82, 2.24) is 0 Å². The standard InChI is InChI=1S/C37H28BNO2/c1-20-31-27-18-24(39-14-8-3-9-15-39)19-28-32-21(2)41-37-26-13-7-5-11-23(26)17-30(34(32)37)38(35(27)28)29-16-22-10-4-6-12-25(22)36(40-20)33(29)31/h4-7,10-13,16-19H,3,8-9,14-15H2,1-2H3. The Morgan fingerprint density at radius 2 is 1.15 bits per heavy atom. The van der Waals surface area contributed by atoms with E-state index in [4.69, 9.17) is 8.83 Å². The maximum Gasteiger partial charge on any atom is 0.244 e. The second kappa shape index (κ2) is 7.64. The molecule has 0 amide bonds. The highest BCUT2D eigenvalue weighted by Crippen LogP contribution is 2.47. The van der Waals surface area contributed by atoms with Crippen molar-refractivity contribution in [2.45, 2.75) is 33.1 Å². The van der Waals surface area contributed by atoms with Crippen LogP contribution >= 0.6 is 0 Å². The molecule has 5 heterocycles. The monoisotopic (exact) mass is 529 g/mol. The number of piperidine rings is 1. The number of furan rings is 2. The fourth-order valence-corrected chi connectivity index (χ4v) is 8.44. The minimum atomic E-state index is 0.114.